The highest BCUT2D eigenvalue weighted by atomic mass is 16.2. The van der Waals surface area contributed by atoms with Crippen molar-refractivity contribution < 1.29 is 4.79 Å². The maximum Gasteiger partial charge on any atom is 0.241 e. The number of rotatable bonds is 8. The lowest BCUT2D eigenvalue weighted by molar-refractivity contribution is -0.126. The molecule has 3 nitrogen and oxygen atoms in total. The lowest BCUT2D eigenvalue weighted by atomic mass is 10.0. The highest BCUT2D eigenvalue weighted by molar-refractivity contribution is 5.83. The van der Waals surface area contributed by atoms with Crippen molar-refractivity contribution in [3.8, 4) is 0 Å². The normalized spacial score (nSPS) is 12.1. The molecule has 0 radical (unpaired) electrons. The van der Waals surface area contributed by atoms with E-state index in [1.807, 2.05) is 48.5 Å². The van der Waals surface area contributed by atoms with Gasteiger partial charge in [-0.2, -0.15) is 0 Å². The van der Waals surface area contributed by atoms with E-state index in [-0.39, 0.29) is 11.9 Å². The second-order valence-corrected chi connectivity index (χ2v) is 5.56. The fourth-order valence-electron chi connectivity index (χ4n) is 2.82. The maximum atomic E-state index is 12.7. The Morgan fingerprint density at radius 2 is 1.52 bits per heavy atom. The summed E-state index contributed by atoms with van der Waals surface area (Å²) in [6, 6.07) is 20.0. The molecule has 2 rings (SSSR count). The molecule has 23 heavy (non-hydrogen) atoms. The first-order valence-corrected chi connectivity index (χ1v) is 8.36. The maximum absolute atomic E-state index is 12.7. The van der Waals surface area contributed by atoms with Crippen LogP contribution in [0.15, 0.2) is 60.7 Å². The number of benzene rings is 2. The zero-order chi connectivity index (χ0) is 16.5. The van der Waals surface area contributed by atoms with Gasteiger partial charge in [-0.3, -0.25) is 9.69 Å². The van der Waals surface area contributed by atoms with E-state index in [9.17, 15) is 4.79 Å². The van der Waals surface area contributed by atoms with Crippen molar-refractivity contribution in [2.45, 2.75) is 26.3 Å². The lowest BCUT2D eigenvalue weighted by Crippen LogP contribution is -2.41. The largest absolute Gasteiger partial charge is 0.354 e. The van der Waals surface area contributed by atoms with Gasteiger partial charge in [-0.05, 0) is 30.6 Å². The number of nitrogens with zero attached hydrogens (tertiary/aromatic N) is 1. The van der Waals surface area contributed by atoms with Gasteiger partial charge in [0.05, 0.1) is 0 Å². The van der Waals surface area contributed by atoms with Gasteiger partial charge in [-0.1, -0.05) is 74.5 Å². The molecule has 1 atom stereocenters. The Bertz CT molecular complexity index is 579. The van der Waals surface area contributed by atoms with Crippen LogP contribution in [0.25, 0.3) is 0 Å². The number of carbonyl (C=O) groups is 1. The smallest absolute Gasteiger partial charge is 0.241 e. The number of hydrogen-bond acceptors (Lipinski definition) is 2. The highest BCUT2D eigenvalue weighted by Crippen LogP contribution is 2.20. The number of nitrogens with one attached hydrogen (secondary N) is 1. The van der Waals surface area contributed by atoms with Gasteiger partial charge >= 0.3 is 0 Å². The van der Waals surface area contributed by atoms with E-state index in [2.05, 4.69) is 36.2 Å². The molecule has 2 aromatic carbocycles. The third kappa shape index (κ3) is 4.93. The first-order valence-electron chi connectivity index (χ1n) is 8.36. The molecule has 0 aliphatic carbocycles. The summed E-state index contributed by atoms with van der Waals surface area (Å²) in [5.74, 6) is 0.0795. The molecule has 0 aromatic heterocycles. The van der Waals surface area contributed by atoms with Crippen molar-refractivity contribution in [3.05, 3.63) is 71.8 Å². The summed E-state index contributed by atoms with van der Waals surface area (Å²) in [5.41, 5.74) is 2.29. The summed E-state index contributed by atoms with van der Waals surface area (Å²) < 4.78 is 0. The van der Waals surface area contributed by atoms with Gasteiger partial charge in [0.2, 0.25) is 5.91 Å². The van der Waals surface area contributed by atoms with Crippen LogP contribution in [-0.4, -0.2) is 30.4 Å². The third-order valence-corrected chi connectivity index (χ3v) is 4.10. The molecular weight excluding hydrogens is 284 g/mol. The summed E-state index contributed by atoms with van der Waals surface area (Å²) in [6.45, 7) is 6.55. The van der Waals surface area contributed by atoms with Crippen LogP contribution in [-0.2, 0) is 11.2 Å². The molecule has 1 N–H and O–H groups in total. The van der Waals surface area contributed by atoms with Gasteiger partial charge in [0.15, 0.2) is 0 Å². The van der Waals surface area contributed by atoms with Gasteiger partial charge in [0, 0.05) is 6.54 Å². The van der Waals surface area contributed by atoms with Crippen LogP contribution in [0, 0.1) is 0 Å². The van der Waals surface area contributed by atoms with Crippen LogP contribution < -0.4 is 5.32 Å². The van der Waals surface area contributed by atoms with E-state index in [0.717, 1.165) is 25.1 Å². The van der Waals surface area contributed by atoms with Crippen molar-refractivity contribution in [1.29, 1.82) is 0 Å². The minimum Gasteiger partial charge on any atom is -0.354 e. The summed E-state index contributed by atoms with van der Waals surface area (Å²) in [6.07, 6.45) is 0.854. The molecular formula is C20H26N2O. The molecule has 0 saturated heterocycles. The van der Waals surface area contributed by atoms with Crippen LogP contribution in [0.5, 0.6) is 0 Å². The molecule has 0 saturated carbocycles. The van der Waals surface area contributed by atoms with Gasteiger partial charge in [-0.15, -0.1) is 0 Å². The first kappa shape index (κ1) is 17.2. The zero-order valence-corrected chi connectivity index (χ0v) is 14.0. The highest BCUT2D eigenvalue weighted by Gasteiger charge is 2.25. The average Bonchev–Trinajstić information content (AvgIpc) is 2.61. The van der Waals surface area contributed by atoms with E-state index in [4.69, 9.17) is 0 Å². The van der Waals surface area contributed by atoms with Gasteiger partial charge in [-0.25, -0.2) is 0 Å². The van der Waals surface area contributed by atoms with Crippen LogP contribution in [0.2, 0.25) is 0 Å². The fourth-order valence-corrected chi connectivity index (χ4v) is 2.82. The van der Waals surface area contributed by atoms with Crippen molar-refractivity contribution >= 4 is 5.91 Å². The van der Waals surface area contributed by atoms with Gasteiger partial charge < -0.3 is 5.32 Å². The van der Waals surface area contributed by atoms with Crippen molar-refractivity contribution in [2.24, 2.45) is 0 Å². The number of hydrogen-bond donors (Lipinski definition) is 1. The molecule has 122 valence electrons. The fraction of sp³-hybridized carbons (Fsp3) is 0.350. The van der Waals surface area contributed by atoms with Crippen molar-refractivity contribution in [2.75, 3.05) is 19.6 Å². The molecule has 3 heteroatoms. The quantitative estimate of drug-likeness (QED) is 0.810. The summed E-state index contributed by atoms with van der Waals surface area (Å²) >= 11 is 0. The Morgan fingerprint density at radius 1 is 0.957 bits per heavy atom. The van der Waals surface area contributed by atoms with Gasteiger partial charge in [0.1, 0.15) is 6.04 Å². The molecule has 0 aliphatic heterocycles. The van der Waals surface area contributed by atoms with Crippen molar-refractivity contribution in [3.63, 3.8) is 0 Å². The summed E-state index contributed by atoms with van der Waals surface area (Å²) in [7, 11) is 0. The molecule has 0 aliphatic rings. The molecule has 1 unspecified atom stereocenters. The van der Waals surface area contributed by atoms with E-state index >= 15 is 0 Å². The first-order chi connectivity index (χ1) is 11.3. The SMILES string of the molecule is CCN(CC)C(C(=O)NCCc1ccccc1)c1ccccc1. The monoisotopic (exact) mass is 310 g/mol. The Morgan fingerprint density at radius 3 is 2.09 bits per heavy atom. The van der Waals surface area contributed by atoms with Crippen LogP contribution in [0.1, 0.15) is 31.0 Å². The second-order valence-electron chi connectivity index (χ2n) is 5.56. The number of likely N-dealkylation sites (N-methyl/N-ethyl adjacent to an activating group) is 1. The lowest BCUT2D eigenvalue weighted by Gasteiger charge is -2.29. The zero-order valence-electron chi connectivity index (χ0n) is 14.0. The van der Waals surface area contributed by atoms with E-state index < -0.39 is 0 Å². The molecule has 2 aromatic rings. The summed E-state index contributed by atoms with van der Waals surface area (Å²) in [4.78, 5) is 14.9. The Balaban J connectivity index is 2.02. The average molecular weight is 310 g/mol. The Hall–Kier alpha value is -2.13. The predicted octanol–water partition coefficient (Wildman–Crippen LogP) is 3.43. The van der Waals surface area contributed by atoms with Crippen LogP contribution >= 0.6 is 0 Å². The standard InChI is InChI=1S/C20H26N2O/c1-3-22(4-2)19(18-13-9-6-10-14-18)20(23)21-16-15-17-11-7-5-8-12-17/h5-14,19H,3-4,15-16H2,1-2H3,(H,21,23). The number of amides is 1. The van der Waals surface area contributed by atoms with Crippen molar-refractivity contribution in [1.82, 2.24) is 10.2 Å². The predicted molar refractivity (Wildman–Crippen MR) is 95.3 cm³/mol. The molecule has 0 fully saturated rings. The summed E-state index contributed by atoms with van der Waals surface area (Å²) in [5, 5.41) is 3.10. The number of carbonyl (C=O) groups excluding carboxylic acids is 1. The van der Waals surface area contributed by atoms with Gasteiger partial charge in [0.25, 0.3) is 0 Å². The third-order valence-electron chi connectivity index (χ3n) is 4.10. The minimum absolute atomic E-state index is 0.0795. The Kier molecular flexibility index (Phi) is 6.82. The Labute approximate surface area is 139 Å². The molecule has 1 amide bonds. The second kappa shape index (κ2) is 9.11. The molecule has 0 bridgehead atoms. The van der Waals surface area contributed by atoms with Crippen LogP contribution in [0.4, 0.5) is 0 Å². The van der Waals surface area contributed by atoms with E-state index in [0.29, 0.717) is 6.54 Å². The van der Waals surface area contributed by atoms with E-state index in [1.54, 1.807) is 0 Å². The topological polar surface area (TPSA) is 32.3 Å². The van der Waals surface area contributed by atoms with Crippen LogP contribution in [0.3, 0.4) is 0 Å². The van der Waals surface area contributed by atoms with E-state index in [1.165, 1.54) is 5.56 Å². The molecule has 0 spiro atoms. The molecule has 0 heterocycles. The minimum atomic E-state index is -0.220.